The van der Waals surface area contributed by atoms with Crippen molar-refractivity contribution in [2.24, 2.45) is 0 Å². The lowest BCUT2D eigenvalue weighted by atomic mass is 10.1. The molecule has 1 amide bonds. The Bertz CT molecular complexity index is 352. The molecule has 0 aromatic carbocycles. The molecule has 0 aliphatic heterocycles. The normalized spacial score (nSPS) is 11.2. The highest BCUT2D eigenvalue weighted by Crippen LogP contribution is 2.09. The van der Waals surface area contributed by atoms with Gasteiger partial charge < -0.3 is 0 Å². The molecule has 0 saturated carbocycles. The predicted octanol–water partition coefficient (Wildman–Crippen LogP) is 2.69. The maximum atomic E-state index is 11.4. The third-order valence-corrected chi connectivity index (χ3v) is 3.83. The highest BCUT2D eigenvalue weighted by atomic mass is 32.2. The largest absolute Gasteiger partial charge is 0.287 e. The average Bonchev–Trinajstić information content (AvgIpc) is 2.39. The van der Waals surface area contributed by atoms with Crippen LogP contribution in [0.4, 0.5) is 0 Å². The second kappa shape index (κ2) is 11.0. The molecule has 0 atom stereocenters. The van der Waals surface area contributed by atoms with E-state index >= 15 is 0 Å². The fourth-order valence-corrected chi connectivity index (χ4v) is 2.45. The molecular formula is C13H25NO4S. The molecule has 0 fully saturated rings. The molecule has 5 nitrogen and oxygen atoms in total. The molecule has 0 saturated heterocycles. The Hall–Kier alpha value is -0.880. The fourth-order valence-electron chi connectivity index (χ4n) is 1.60. The Labute approximate surface area is 116 Å². The lowest BCUT2D eigenvalue weighted by molar-refractivity contribution is -0.122. The molecule has 0 aromatic rings. The Balaban J connectivity index is 3.53. The summed E-state index contributed by atoms with van der Waals surface area (Å²) < 4.78 is 27.1. The third-order valence-electron chi connectivity index (χ3n) is 2.70. The van der Waals surface area contributed by atoms with Crippen LogP contribution in [0.1, 0.15) is 58.3 Å². The number of carbonyl (C=O) groups is 1. The zero-order valence-electron chi connectivity index (χ0n) is 11.7. The Kier molecular flexibility index (Phi) is 10.5. The van der Waals surface area contributed by atoms with E-state index in [1.165, 1.54) is 25.7 Å². The van der Waals surface area contributed by atoms with Gasteiger partial charge in [-0.15, -0.1) is 4.28 Å². The molecule has 0 unspecified atom stereocenters. The highest BCUT2D eigenvalue weighted by molar-refractivity contribution is 7.86. The van der Waals surface area contributed by atoms with E-state index in [0.29, 0.717) is 6.42 Å². The molecule has 0 aromatic heterocycles. The van der Waals surface area contributed by atoms with Crippen LogP contribution in [-0.2, 0) is 19.2 Å². The molecule has 0 radical (unpaired) electrons. The number of amides is 1. The van der Waals surface area contributed by atoms with Gasteiger partial charge in [0, 0.05) is 0 Å². The van der Waals surface area contributed by atoms with E-state index in [1.807, 2.05) is 0 Å². The van der Waals surface area contributed by atoms with Crippen molar-refractivity contribution in [3.63, 3.8) is 0 Å². The maximum absolute atomic E-state index is 11.4. The second-order valence-electron chi connectivity index (χ2n) is 4.49. The summed E-state index contributed by atoms with van der Waals surface area (Å²) in [5.74, 6) is -0.737. The van der Waals surface area contributed by atoms with Crippen LogP contribution in [0, 0.1) is 0 Å². The van der Waals surface area contributed by atoms with E-state index in [0.717, 1.165) is 25.3 Å². The Morgan fingerprint density at radius 3 is 2.16 bits per heavy atom. The van der Waals surface area contributed by atoms with Gasteiger partial charge in [-0.25, -0.2) is 5.48 Å². The number of hydroxylamine groups is 1. The van der Waals surface area contributed by atoms with E-state index in [-0.39, 0.29) is 5.75 Å². The summed E-state index contributed by atoms with van der Waals surface area (Å²) in [7, 11) is -3.67. The monoisotopic (exact) mass is 291 g/mol. The number of hydrogen-bond donors (Lipinski definition) is 1. The van der Waals surface area contributed by atoms with Crippen molar-refractivity contribution in [1.82, 2.24) is 5.48 Å². The topological polar surface area (TPSA) is 72.5 Å². The first-order chi connectivity index (χ1) is 9.02. The summed E-state index contributed by atoms with van der Waals surface area (Å²) in [6.45, 7) is 5.37. The van der Waals surface area contributed by atoms with Gasteiger partial charge >= 0.3 is 0 Å². The van der Waals surface area contributed by atoms with Crippen LogP contribution < -0.4 is 5.48 Å². The van der Waals surface area contributed by atoms with Gasteiger partial charge in [0.05, 0.1) is 5.75 Å². The van der Waals surface area contributed by atoms with Crippen LogP contribution in [0.15, 0.2) is 12.7 Å². The first-order valence-corrected chi connectivity index (χ1v) is 8.43. The summed E-state index contributed by atoms with van der Waals surface area (Å²) in [5.41, 5.74) is 1.80. The van der Waals surface area contributed by atoms with E-state index in [2.05, 4.69) is 17.8 Å². The number of rotatable bonds is 12. The minimum atomic E-state index is -3.67. The van der Waals surface area contributed by atoms with Crippen molar-refractivity contribution in [3.8, 4) is 0 Å². The quantitative estimate of drug-likeness (QED) is 0.341. The van der Waals surface area contributed by atoms with Crippen molar-refractivity contribution < 1.29 is 17.5 Å². The lowest BCUT2D eigenvalue weighted by Crippen LogP contribution is -2.26. The van der Waals surface area contributed by atoms with Gasteiger partial charge in [-0.1, -0.05) is 58.4 Å². The molecule has 6 heteroatoms. The molecule has 0 heterocycles. The summed E-state index contributed by atoms with van der Waals surface area (Å²) in [4.78, 5) is 10.7. The summed E-state index contributed by atoms with van der Waals surface area (Å²) in [5, 5.41) is 0. The van der Waals surface area contributed by atoms with Gasteiger partial charge in [0.15, 0.2) is 0 Å². The Morgan fingerprint density at radius 2 is 1.63 bits per heavy atom. The van der Waals surface area contributed by atoms with Crippen molar-refractivity contribution in [1.29, 1.82) is 0 Å². The van der Waals surface area contributed by atoms with Gasteiger partial charge in [0.2, 0.25) is 0 Å². The van der Waals surface area contributed by atoms with Crippen molar-refractivity contribution in [3.05, 3.63) is 12.7 Å². The van der Waals surface area contributed by atoms with E-state index < -0.39 is 16.0 Å². The van der Waals surface area contributed by atoms with E-state index in [9.17, 15) is 13.2 Å². The highest BCUT2D eigenvalue weighted by Gasteiger charge is 2.12. The SMILES string of the molecule is C=CC(=O)NOS(=O)(=O)CCCCCCCCCC. The fraction of sp³-hybridized carbons (Fsp3) is 0.769. The molecular weight excluding hydrogens is 266 g/mol. The maximum Gasteiger partial charge on any atom is 0.287 e. The summed E-state index contributed by atoms with van der Waals surface area (Å²) >= 11 is 0. The number of hydrogen-bond acceptors (Lipinski definition) is 4. The zero-order valence-corrected chi connectivity index (χ0v) is 12.5. The van der Waals surface area contributed by atoms with Crippen LogP contribution >= 0.6 is 0 Å². The summed E-state index contributed by atoms with van der Waals surface area (Å²) in [6, 6.07) is 0. The van der Waals surface area contributed by atoms with Crippen molar-refractivity contribution >= 4 is 16.0 Å². The molecule has 0 aliphatic rings. The molecule has 1 N–H and O–H groups in total. The van der Waals surface area contributed by atoms with Crippen LogP contribution in [-0.4, -0.2) is 20.1 Å². The van der Waals surface area contributed by atoms with Gasteiger partial charge in [-0.2, -0.15) is 8.42 Å². The molecule has 19 heavy (non-hydrogen) atoms. The van der Waals surface area contributed by atoms with E-state index in [1.54, 1.807) is 5.48 Å². The molecule has 0 aliphatic carbocycles. The number of nitrogens with one attached hydrogen (secondary N) is 1. The van der Waals surface area contributed by atoms with Crippen LogP contribution in [0.3, 0.4) is 0 Å². The second-order valence-corrected chi connectivity index (χ2v) is 6.18. The van der Waals surface area contributed by atoms with Crippen LogP contribution in [0.2, 0.25) is 0 Å². The van der Waals surface area contributed by atoms with Crippen LogP contribution in [0.5, 0.6) is 0 Å². The molecule has 0 spiro atoms. The standard InChI is InChI=1S/C13H25NO4S/c1-3-5-6-7-8-9-10-11-12-19(16,17)18-14-13(15)4-2/h4H,2-3,5-12H2,1H3,(H,14,15). The number of carbonyl (C=O) groups excluding carboxylic acids is 1. The smallest absolute Gasteiger partial charge is 0.268 e. The van der Waals surface area contributed by atoms with Crippen molar-refractivity contribution in [2.75, 3.05) is 5.75 Å². The van der Waals surface area contributed by atoms with E-state index in [4.69, 9.17) is 0 Å². The zero-order chi connectivity index (χ0) is 14.6. The third kappa shape index (κ3) is 11.9. The van der Waals surface area contributed by atoms with Gasteiger partial charge in [-0.05, 0) is 12.5 Å². The molecule has 112 valence electrons. The van der Waals surface area contributed by atoms with Crippen LogP contribution in [0.25, 0.3) is 0 Å². The first kappa shape index (κ1) is 18.1. The lowest BCUT2D eigenvalue weighted by Gasteiger charge is -2.04. The predicted molar refractivity (Wildman–Crippen MR) is 75.8 cm³/mol. The van der Waals surface area contributed by atoms with Crippen molar-refractivity contribution in [2.45, 2.75) is 58.3 Å². The molecule has 0 bridgehead atoms. The van der Waals surface area contributed by atoms with Gasteiger partial charge in [0.1, 0.15) is 0 Å². The summed E-state index contributed by atoms with van der Waals surface area (Å²) in [6.07, 6.45) is 9.53. The average molecular weight is 291 g/mol. The Morgan fingerprint density at radius 1 is 1.11 bits per heavy atom. The van der Waals surface area contributed by atoms with Gasteiger partial charge in [-0.3, -0.25) is 4.79 Å². The first-order valence-electron chi connectivity index (χ1n) is 6.85. The molecule has 0 rings (SSSR count). The minimum Gasteiger partial charge on any atom is -0.268 e. The number of unbranched alkanes of at least 4 members (excludes halogenated alkanes) is 7. The van der Waals surface area contributed by atoms with Gasteiger partial charge in [0.25, 0.3) is 16.0 Å². The minimum absolute atomic E-state index is 0.0701.